The average molecular weight is 529 g/mol. The molecular formula is C26H16ClF3N2O3S. The first kappa shape index (κ1) is 23.0. The molecule has 182 valence electrons. The van der Waals surface area contributed by atoms with E-state index < -0.39 is 52.5 Å². The largest absolute Gasteiger partial charge is 0.417 e. The molecule has 0 spiro atoms. The van der Waals surface area contributed by atoms with Gasteiger partial charge in [-0.05, 0) is 46.8 Å². The first-order chi connectivity index (χ1) is 17.2. The molecule has 0 bridgehead atoms. The van der Waals surface area contributed by atoms with E-state index in [1.54, 1.807) is 28.6 Å². The monoisotopic (exact) mass is 528 g/mol. The van der Waals surface area contributed by atoms with Gasteiger partial charge >= 0.3 is 6.18 Å². The van der Waals surface area contributed by atoms with Crippen molar-refractivity contribution in [1.82, 2.24) is 4.90 Å². The van der Waals surface area contributed by atoms with Gasteiger partial charge in [0, 0.05) is 6.20 Å². The standard InChI is InChI=1S/C26H16ClF3N2O3S/c27-17-8-7-14(12-16(17)26(28,29)30)32-24(34)19-20(25(32)35)22(23(33)18-6-3-11-36-18)31-10-9-13-4-1-2-5-15(13)21(19)31/h1-12,19-22H/t19-,20-,21-,22+/m0/s1. The minimum atomic E-state index is -4.77. The summed E-state index contributed by atoms with van der Waals surface area (Å²) in [6, 6.07) is 12.1. The Bertz CT molecular complexity index is 1450. The molecule has 10 heteroatoms. The van der Waals surface area contributed by atoms with Crippen LogP contribution in [-0.4, -0.2) is 28.5 Å². The van der Waals surface area contributed by atoms with Crippen LogP contribution < -0.4 is 4.90 Å². The summed E-state index contributed by atoms with van der Waals surface area (Å²) in [4.78, 5) is 44.2. The molecule has 0 radical (unpaired) electrons. The number of Topliss-reactive ketones (excluding diaryl/α,β-unsaturated/α-hetero) is 1. The van der Waals surface area contributed by atoms with E-state index in [-0.39, 0.29) is 11.5 Å². The van der Waals surface area contributed by atoms with Crippen molar-refractivity contribution in [3.8, 4) is 0 Å². The minimum absolute atomic E-state index is 0.218. The number of fused-ring (bicyclic) bond motifs is 5. The topological polar surface area (TPSA) is 57.7 Å². The van der Waals surface area contributed by atoms with Crippen LogP contribution in [-0.2, 0) is 15.8 Å². The third kappa shape index (κ3) is 3.26. The molecule has 2 fully saturated rings. The van der Waals surface area contributed by atoms with Crippen LogP contribution in [0.3, 0.4) is 0 Å². The van der Waals surface area contributed by atoms with Crippen molar-refractivity contribution >= 4 is 52.3 Å². The number of anilines is 1. The van der Waals surface area contributed by atoms with Gasteiger partial charge in [0.15, 0.2) is 5.78 Å². The molecular weight excluding hydrogens is 513 g/mol. The van der Waals surface area contributed by atoms with E-state index in [1.165, 1.54) is 17.4 Å². The normalized spacial score (nSPS) is 24.7. The van der Waals surface area contributed by atoms with Crippen molar-refractivity contribution in [3.05, 3.63) is 92.8 Å². The molecule has 2 amide bonds. The summed E-state index contributed by atoms with van der Waals surface area (Å²) < 4.78 is 40.6. The summed E-state index contributed by atoms with van der Waals surface area (Å²) in [5.74, 6) is -3.64. The Morgan fingerprint density at radius 3 is 2.44 bits per heavy atom. The predicted octanol–water partition coefficient (Wildman–Crippen LogP) is 5.82. The number of benzene rings is 2. The molecule has 2 aromatic carbocycles. The van der Waals surface area contributed by atoms with Gasteiger partial charge in [0.2, 0.25) is 11.8 Å². The molecule has 4 heterocycles. The molecule has 3 aliphatic rings. The quantitative estimate of drug-likeness (QED) is 0.317. The van der Waals surface area contributed by atoms with Crippen molar-refractivity contribution in [1.29, 1.82) is 0 Å². The highest BCUT2D eigenvalue weighted by Gasteiger charge is 2.64. The first-order valence-electron chi connectivity index (χ1n) is 11.1. The number of nitrogens with zero attached hydrogens (tertiary/aromatic N) is 2. The van der Waals surface area contributed by atoms with Gasteiger partial charge in [-0.15, -0.1) is 11.3 Å². The van der Waals surface area contributed by atoms with Crippen LogP contribution in [0.2, 0.25) is 5.02 Å². The molecule has 0 aliphatic carbocycles. The molecule has 36 heavy (non-hydrogen) atoms. The molecule has 0 N–H and O–H groups in total. The first-order valence-corrected chi connectivity index (χ1v) is 12.3. The van der Waals surface area contributed by atoms with Gasteiger partial charge < -0.3 is 4.90 Å². The molecule has 1 aromatic heterocycles. The van der Waals surface area contributed by atoms with Gasteiger partial charge in [-0.2, -0.15) is 13.2 Å². The molecule has 2 saturated heterocycles. The zero-order valence-corrected chi connectivity index (χ0v) is 19.8. The van der Waals surface area contributed by atoms with Crippen LogP contribution >= 0.6 is 22.9 Å². The molecule has 0 unspecified atom stereocenters. The summed E-state index contributed by atoms with van der Waals surface area (Å²) in [6.45, 7) is 0. The van der Waals surface area contributed by atoms with Gasteiger partial charge in [0.1, 0.15) is 6.04 Å². The van der Waals surface area contributed by atoms with Crippen LogP contribution in [0, 0.1) is 11.8 Å². The molecule has 4 atom stereocenters. The van der Waals surface area contributed by atoms with Gasteiger partial charge in [0.05, 0.1) is 39.0 Å². The SMILES string of the molecule is O=C(c1cccs1)[C@H]1[C@H]2C(=O)N(c3ccc(Cl)c(C(F)(F)F)c3)C(=O)[C@@H]2[C@@H]2c3ccccc3C=CN12. The molecule has 0 saturated carbocycles. The second-order valence-electron chi connectivity index (χ2n) is 8.85. The number of carbonyl (C=O) groups is 3. The fourth-order valence-corrected chi connectivity index (χ4v) is 6.47. The van der Waals surface area contributed by atoms with E-state index in [0.717, 1.165) is 22.1 Å². The van der Waals surface area contributed by atoms with Crippen LogP contribution in [0.25, 0.3) is 6.08 Å². The Labute approximate surface area is 212 Å². The van der Waals surface area contributed by atoms with Gasteiger partial charge in [-0.3, -0.25) is 14.4 Å². The third-order valence-electron chi connectivity index (χ3n) is 7.01. The van der Waals surface area contributed by atoms with E-state index in [2.05, 4.69) is 0 Å². The third-order valence-corrected chi connectivity index (χ3v) is 8.22. The number of carbonyl (C=O) groups excluding carboxylic acids is 3. The zero-order chi connectivity index (χ0) is 25.4. The number of amides is 2. The highest BCUT2D eigenvalue weighted by atomic mass is 35.5. The Balaban J connectivity index is 1.49. The highest BCUT2D eigenvalue weighted by Crippen LogP contribution is 2.54. The van der Waals surface area contributed by atoms with E-state index >= 15 is 0 Å². The molecule has 3 aliphatic heterocycles. The Hall–Kier alpha value is -3.43. The Morgan fingerprint density at radius 2 is 1.72 bits per heavy atom. The lowest BCUT2D eigenvalue weighted by molar-refractivity contribution is -0.137. The lowest BCUT2D eigenvalue weighted by Crippen LogP contribution is -2.44. The van der Waals surface area contributed by atoms with Crippen LogP contribution in [0.5, 0.6) is 0 Å². The average Bonchev–Trinajstić information content (AvgIpc) is 3.55. The maximum Gasteiger partial charge on any atom is 0.417 e. The van der Waals surface area contributed by atoms with Crippen LogP contribution in [0.15, 0.2) is 66.2 Å². The number of alkyl halides is 3. The number of ketones is 1. The van der Waals surface area contributed by atoms with Crippen molar-refractivity contribution in [2.75, 3.05) is 4.90 Å². The number of halogens is 4. The maximum atomic E-state index is 13.8. The fourth-order valence-electron chi connectivity index (χ4n) is 5.55. The number of imide groups is 1. The van der Waals surface area contributed by atoms with Gasteiger partial charge in [-0.1, -0.05) is 41.9 Å². The summed E-state index contributed by atoms with van der Waals surface area (Å²) in [5.41, 5.74) is 0.278. The van der Waals surface area contributed by atoms with Crippen molar-refractivity contribution in [2.45, 2.75) is 18.3 Å². The van der Waals surface area contributed by atoms with Crippen molar-refractivity contribution < 1.29 is 27.6 Å². The van der Waals surface area contributed by atoms with Crippen LogP contribution in [0.4, 0.5) is 18.9 Å². The predicted molar refractivity (Wildman–Crippen MR) is 128 cm³/mol. The number of hydrogen-bond acceptors (Lipinski definition) is 5. The second kappa shape index (κ2) is 8.04. The Kier molecular flexibility index (Phi) is 5.14. The minimum Gasteiger partial charge on any atom is -0.358 e. The second-order valence-corrected chi connectivity index (χ2v) is 10.2. The summed E-state index contributed by atoms with van der Waals surface area (Å²) in [5, 5.41) is 1.22. The molecule has 5 nitrogen and oxygen atoms in total. The summed E-state index contributed by atoms with van der Waals surface area (Å²) in [6.07, 6.45) is -1.20. The van der Waals surface area contributed by atoms with Crippen molar-refractivity contribution in [3.63, 3.8) is 0 Å². The van der Waals surface area contributed by atoms with Gasteiger partial charge in [0.25, 0.3) is 0 Å². The fraction of sp³-hybridized carbons (Fsp3) is 0.192. The highest BCUT2D eigenvalue weighted by molar-refractivity contribution is 7.12. The Morgan fingerprint density at radius 1 is 0.972 bits per heavy atom. The zero-order valence-electron chi connectivity index (χ0n) is 18.3. The van der Waals surface area contributed by atoms with E-state index in [9.17, 15) is 27.6 Å². The number of rotatable bonds is 3. The number of hydrogen-bond donors (Lipinski definition) is 0. The summed E-state index contributed by atoms with van der Waals surface area (Å²) in [7, 11) is 0. The summed E-state index contributed by atoms with van der Waals surface area (Å²) >= 11 is 6.99. The van der Waals surface area contributed by atoms with Gasteiger partial charge in [-0.25, -0.2) is 4.90 Å². The smallest absolute Gasteiger partial charge is 0.358 e. The van der Waals surface area contributed by atoms with Crippen molar-refractivity contribution in [2.24, 2.45) is 11.8 Å². The maximum absolute atomic E-state index is 13.8. The van der Waals surface area contributed by atoms with E-state index in [1.807, 2.05) is 30.3 Å². The molecule has 6 rings (SSSR count). The van der Waals surface area contributed by atoms with E-state index in [0.29, 0.717) is 10.9 Å². The lowest BCUT2D eigenvalue weighted by atomic mass is 9.84. The molecule has 3 aromatic rings. The number of thiophene rings is 1. The van der Waals surface area contributed by atoms with Crippen LogP contribution in [0.1, 0.15) is 32.4 Å². The van der Waals surface area contributed by atoms with E-state index in [4.69, 9.17) is 11.6 Å². The lowest BCUT2D eigenvalue weighted by Gasteiger charge is -2.35.